The highest BCUT2D eigenvalue weighted by atomic mass is 16.2. The maximum Gasteiger partial charge on any atom is 0.230 e. The van der Waals surface area contributed by atoms with E-state index >= 15 is 0 Å². The smallest absolute Gasteiger partial charge is 0.230 e. The van der Waals surface area contributed by atoms with E-state index in [1.807, 2.05) is 4.90 Å². The summed E-state index contributed by atoms with van der Waals surface area (Å²) in [4.78, 5) is 26.8. The maximum atomic E-state index is 13.1. The molecule has 21 heavy (non-hydrogen) atoms. The lowest BCUT2D eigenvalue weighted by molar-refractivity contribution is -0.148. The van der Waals surface area contributed by atoms with E-state index in [-0.39, 0.29) is 17.2 Å². The summed E-state index contributed by atoms with van der Waals surface area (Å²) in [6.07, 6.45) is 6.28. The fourth-order valence-corrected chi connectivity index (χ4v) is 4.53. The second-order valence-corrected chi connectivity index (χ2v) is 6.91. The summed E-state index contributed by atoms with van der Waals surface area (Å²) in [5.41, 5.74) is -0.141. The minimum Gasteiger partial charge on any atom is -0.359 e. The van der Waals surface area contributed by atoms with Gasteiger partial charge in [0.25, 0.3) is 0 Å². The molecular weight excluding hydrogens is 266 g/mol. The van der Waals surface area contributed by atoms with Crippen LogP contribution in [-0.4, -0.2) is 49.9 Å². The monoisotopic (exact) mass is 293 g/mol. The van der Waals surface area contributed by atoms with Crippen molar-refractivity contribution in [2.24, 2.45) is 17.3 Å². The van der Waals surface area contributed by atoms with E-state index in [4.69, 9.17) is 0 Å². The molecule has 3 aliphatic rings. The standard InChI is InChI=1S/C16H27N3O2/c1-17-14(20)12-5-8-19(9-6-12)15(21)16-7-3-2-4-13(16)10-18-11-16/h12-13,18H,2-11H2,1H3,(H,17,20)/t13-,16+/m0/s1. The molecule has 5 heteroatoms. The van der Waals surface area contributed by atoms with Crippen molar-refractivity contribution in [3.63, 3.8) is 0 Å². The molecule has 3 fully saturated rings. The lowest BCUT2D eigenvalue weighted by atomic mass is 9.67. The van der Waals surface area contributed by atoms with Crippen molar-refractivity contribution in [1.29, 1.82) is 0 Å². The van der Waals surface area contributed by atoms with Gasteiger partial charge in [0.15, 0.2) is 0 Å². The largest absolute Gasteiger partial charge is 0.359 e. The summed E-state index contributed by atoms with van der Waals surface area (Å²) >= 11 is 0. The number of fused-ring (bicyclic) bond motifs is 1. The number of likely N-dealkylation sites (tertiary alicyclic amines) is 1. The Labute approximate surface area is 126 Å². The van der Waals surface area contributed by atoms with Crippen LogP contribution in [0.3, 0.4) is 0 Å². The van der Waals surface area contributed by atoms with E-state index < -0.39 is 0 Å². The van der Waals surface area contributed by atoms with Crippen LogP contribution in [0.25, 0.3) is 0 Å². The van der Waals surface area contributed by atoms with Crippen molar-refractivity contribution in [1.82, 2.24) is 15.5 Å². The van der Waals surface area contributed by atoms with Gasteiger partial charge >= 0.3 is 0 Å². The predicted octanol–water partition coefficient (Wildman–Crippen LogP) is 0.751. The molecule has 0 unspecified atom stereocenters. The van der Waals surface area contributed by atoms with Crippen LogP contribution in [0.4, 0.5) is 0 Å². The van der Waals surface area contributed by atoms with Crippen molar-refractivity contribution in [3.8, 4) is 0 Å². The Morgan fingerprint density at radius 1 is 1.19 bits per heavy atom. The summed E-state index contributed by atoms with van der Waals surface area (Å²) in [7, 11) is 1.69. The Balaban J connectivity index is 1.65. The van der Waals surface area contributed by atoms with Gasteiger partial charge in [-0.1, -0.05) is 12.8 Å². The average Bonchev–Trinajstić information content (AvgIpc) is 2.98. The summed E-state index contributed by atoms with van der Waals surface area (Å²) < 4.78 is 0. The molecule has 2 amide bonds. The third-order valence-corrected chi connectivity index (χ3v) is 5.86. The van der Waals surface area contributed by atoms with Gasteiger partial charge in [0.2, 0.25) is 11.8 Å². The molecule has 118 valence electrons. The van der Waals surface area contributed by atoms with E-state index in [1.54, 1.807) is 7.05 Å². The molecular formula is C16H27N3O2. The first-order valence-corrected chi connectivity index (χ1v) is 8.39. The first-order chi connectivity index (χ1) is 10.2. The maximum absolute atomic E-state index is 13.1. The molecule has 0 spiro atoms. The van der Waals surface area contributed by atoms with Crippen molar-refractivity contribution >= 4 is 11.8 Å². The van der Waals surface area contributed by atoms with Gasteiger partial charge in [0.1, 0.15) is 0 Å². The average molecular weight is 293 g/mol. The molecule has 0 aromatic rings. The Hall–Kier alpha value is -1.10. The Kier molecular flexibility index (Phi) is 4.20. The number of carbonyl (C=O) groups is 2. The van der Waals surface area contributed by atoms with E-state index in [2.05, 4.69) is 10.6 Å². The zero-order chi connectivity index (χ0) is 14.9. The van der Waals surface area contributed by atoms with E-state index in [1.165, 1.54) is 19.3 Å². The summed E-state index contributed by atoms with van der Waals surface area (Å²) in [6.45, 7) is 3.34. The van der Waals surface area contributed by atoms with Gasteiger partial charge < -0.3 is 15.5 Å². The zero-order valence-corrected chi connectivity index (χ0v) is 13.0. The normalized spacial score (nSPS) is 33.6. The molecule has 0 aromatic heterocycles. The van der Waals surface area contributed by atoms with Crippen LogP contribution in [0.2, 0.25) is 0 Å². The number of hydrogen-bond acceptors (Lipinski definition) is 3. The number of nitrogens with one attached hydrogen (secondary N) is 2. The van der Waals surface area contributed by atoms with E-state index in [9.17, 15) is 9.59 Å². The van der Waals surface area contributed by atoms with Crippen LogP contribution in [0.5, 0.6) is 0 Å². The fourth-order valence-electron chi connectivity index (χ4n) is 4.53. The van der Waals surface area contributed by atoms with Gasteiger partial charge in [-0.15, -0.1) is 0 Å². The highest BCUT2D eigenvalue weighted by Crippen LogP contribution is 2.45. The quantitative estimate of drug-likeness (QED) is 0.790. The molecule has 0 aromatic carbocycles. The van der Waals surface area contributed by atoms with Crippen molar-refractivity contribution in [2.45, 2.75) is 38.5 Å². The third kappa shape index (κ3) is 2.56. The van der Waals surface area contributed by atoms with Crippen molar-refractivity contribution in [3.05, 3.63) is 0 Å². The molecule has 2 heterocycles. The molecule has 1 saturated carbocycles. The molecule has 1 aliphatic carbocycles. The number of rotatable bonds is 2. The SMILES string of the molecule is CNC(=O)C1CCN(C(=O)[C@@]23CCCC[C@H]2CNC3)CC1. The van der Waals surface area contributed by atoms with Crippen molar-refractivity contribution in [2.75, 3.05) is 33.2 Å². The van der Waals surface area contributed by atoms with Gasteiger partial charge in [0.05, 0.1) is 5.41 Å². The minimum atomic E-state index is -0.141. The molecule has 0 bridgehead atoms. The lowest BCUT2D eigenvalue weighted by Crippen LogP contribution is -2.52. The topological polar surface area (TPSA) is 61.4 Å². The van der Waals surface area contributed by atoms with Crippen LogP contribution in [0, 0.1) is 17.3 Å². The van der Waals surface area contributed by atoms with Crippen LogP contribution in [-0.2, 0) is 9.59 Å². The van der Waals surface area contributed by atoms with E-state index in [0.717, 1.165) is 45.4 Å². The highest BCUT2D eigenvalue weighted by molar-refractivity contribution is 5.84. The molecule has 2 N–H and O–H groups in total. The van der Waals surface area contributed by atoms with Crippen LogP contribution in [0.1, 0.15) is 38.5 Å². The van der Waals surface area contributed by atoms with Gasteiger partial charge in [-0.25, -0.2) is 0 Å². The first-order valence-electron chi connectivity index (χ1n) is 8.39. The van der Waals surface area contributed by atoms with Gasteiger partial charge in [0, 0.05) is 32.6 Å². The number of amides is 2. The number of piperidine rings is 1. The third-order valence-electron chi connectivity index (χ3n) is 5.86. The second-order valence-electron chi connectivity index (χ2n) is 6.91. The first kappa shape index (κ1) is 14.8. The Morgan fingerprint density at radius 3 is 2.67 bits per heavy atom. The molecule has 2 saturated heterocycles. The number of carbonyl (C=O) groups excluding carboxylic acids is 2. The summed E-state index contributed by atoms with van der Waals surface area (Å²) in [5, 5.41) is 6.18. The highest BCUT2D eigenvalue weighted by Gasteiger charge is 2.51. The lowest BCUT2D eigenvalue weighted by Gasteiger charge is -2.42. The number of hydrogen-bond donors (Lipinski definition) is 2. The Bertz CT molecular complexity index is 418. The van der Waals surface area contributed by atoms with Gasteiger partial charge in [-0.2, -0.15) is 0 Å². The Morgan fingerprint density at radius 2 is 1.95 bits per heavy atom. The molecule has 3 rings (SSSR count). The fraction of sp³-hybridized carbons (Fsp3) is 0.875. The van der Waals surface area contributed by atoms with E-state index in [0.29, 0.717) is 11.8 Å². The van der Waals surface area contributed by atoms with Gasteiger partial charge in [-0.3, -0.25) is 9.59 Å². The predicted molar refractivity (Wildman–Crippen MR) is 80.6 cm³/mol. The van der Waals surface area contributed by atoms with Crippen molar-refractivity contribution < 1.29 is 9.59 Å². The second kappa shape index (κ2) is 5.95. The van der Waals surface area contributed by atoms with Crippen LogP contribution >= 0.6 is 0 Å². The van der Waals surface area contributed by atoms with Crippen LogP contribution < -0.4 is 10.6 Å². The summed E-state index contributed by atoms with van der Waals surface area (Å²) in [6, 6.07) is 0. The van der Waals surface area contributed by atoms with Crippen LogP contribution in [0.15, 0.2) is 0 Å². The molecule has 5 nitrogen and oxygen atoms in total. The molecule has 0 radical (unpaired) electrons. The number of nitrogens with zero attached hydrogens (tertiary/aromatic N) is 1. The minimum absolute atomic E-state index is 0.0837. The van der Waals surface area contributed by atoms with Gasteiger partial charge in [-0.05, 0) is 38.1 Å². The summed E-state index contributed by atoms with van der Waals surface area (Å²) in [5.74, 6) is 1.08. The molecule has 2 atom stereocenters. The zero-order valence-electron chi connectivity index (χ0n) is 13.0. The molecule has 2 aliphatic heterocycles.